The standard InChI is InChI=1S/C35H38N8O5S/c1-2-26-27(20-36)33(41-35(28(26)21-37)49-31(32(38)46)22-8-4-3-5-9-22)43-18-16-25(17-19-43)40-30(45)11-7-6-10-29(44)39-24-14-12-23(13-15-24)34(47)42-48/h3-5,8-9,12-15,25,31,48H,2,6-7,10-11,16-19H2,1H3,(H2,38,46)(H,39,44)(H,40,45)(H,42,47). The zero-order chi connectivity index (χ0) is 35.3. The molecule has 1 aliphatic rings. The third-order valence-corrected chi connectivity index (χ3v) is 9.42. The molecule has 1 aliphatic heterocycles. The van der Waals surface area contributed by atoms with Crippen molar-refractivity contribution in [1.29, 1.82) is 10.5 Å². The topological polar surface area (TPSA) is 214 Å². The lowest BCUT2D eigenvalue weighted by Gasteiger charge is -2.34. The summed E-state index contributed by atoms with van der Waals surface area (Å²) in [6.45, 7) is 2.92. The molecule has 1 unspecified atom stereocenters. The number of nitriles is 2. The molecule has 2 aromatic carbocycles. The van der Waals surface area contributed by atoms with Gasteiger partial charge in [-0.15, -0.1) is 0 Å². The summed E-state index contributed by atoms with van der Waals surface area (Å²) in [7, 11) is 0. The van der Waals surface area contributed by atoms with Gasteiger partial charge in [0.1, 0.15) is 28.2 Å². The number of carbonyl (C=O) groups is 4. The van der Waals surface area contributed by atoms with Gasteiger partial charge in [-0.1, -0.05) is 49.0 Å². The number of hydrogen-bond acceptors (Lipinski definition) is 10. The Bertz CT molecular complexity index is 1750. The number of nitrogens with zero attached hydrogens (tertiary/aromatic N) is 4. The molecule has 0 radical (unpaired) electrons. The molecule has 0 bridgehead atoms. The highest BCUT2D eigenvalue weighted by molar-refractivity contribution is 8.00. The Kier molecular flexibility index (Phi) is 13.1. The fraction of sp³-hybridized carbons (Fsp3) is 0.343. The number of aromatic nitrogens is 1. The van der Waals surface area contributed by atoms with Crippen molar-refractivity contribution < 1.29 is 24.4 Å². The van der Waals surface area contributed by atoms with E-state index in [1.165, 1.54) is 12.1 Å². The number of anilines is 2. The van der Waals surface area contributed by atoms with E-state index in [0.717, 1.165) is 11.8 Å². The Balaban J connectivity index is 1.31. The van der Waals surface area contributed by atoms with Gasteiger partial charge in [0.05, 0.1) is 11.1 Å². The number of carbonyl (C=O) groups excluding carboxylic acids is 4. The van der Waals surface area contributed by atoms with Crippen LogP contribution in [0.5, 0.6) is 0 Å². The van der Waals surface area contributed by atoms with E-state index in [9.17, 15) is 29.7 Å². The molecular formula is C35H38N8O5S. The van der Waals surface area contributed by atoms with E-state index >= 15 is 0 Å². The van der Waals surface area contributed by atoms with Crippen LogP contribution in [0.1, 0.15) is 83.3 Å². The number of hydroxylamine groups is 1. The van der Waals surface area contributed by atoms with Crippen LogP contribution in [0.4, 0.5) is 11.5 Å². The summed E-state index contributed by atoms with van der Waals surface area (Å²) in [5.74, 6) is -1.07. The van der Waals surface area contributed by atoms with Gasteiger partial charge in [-0.2, -0.15) is 10.5 Å². The van der Waals surface area contributed by atoms with Crippen LogP contribution in [0.3, 0.4) is 0 Å². The fourth-order valence-electron chi connectivity index (χ4n) is 5.63. The fourth-order valence-corrected chi connectivity index (χ4v) is 6.69. The summed E-state index contributed by atoms with van der Waals surface area (Å²) >= 11 is 1.10. The van der Waals surface area contributed by atoms with E-state index in [1.807, 2.05) is 30.0 Å². The number of pyridine rings is 1. The van der Waals surface area contributed by atoms with E-state index < -0.39 is 17.1 Å². The molecule has 1 aromatic heterocycles. The second-order valence-corrected chi connectivity index (χ2v) is 12.6. The summed E-state index contributed by atoms with van der Waals surface area (Å²) in [5, 5.41) is 34.3. The number of nitrogens with two attached hydrogens (primary N) is 1. The lowest BCUT2D eigenvalue weighted by Crippen LogP contribution is -2.45. The Morgan fingerprint density at radius 1 is 0.980 bits per heavy atom. The molecule has 3 aromatic rings. The Hall–Kier alpha value is -5.44. The number of primary amides is 1. The van der Waals surface area contributed by atoms with Gasteiger partial charge in [0.2, 0.25) is 17.7 Å². The number of amides is 4. The molecule has 254 valence electrons. The van der Waals surface area contributed by atoms with Crippen LogP contribution < -0.4 is 26.7 Å². The summed E-state index contributed by atoms with van der Waals surface area (Å²) in [5.41, 5.74) is 9.94. The maximum atomic E-state index is 12.7. The number of benzene rings is 2. The number of thioether (sulfide) groups is 1. The second kappa shape index (κ2) is 17.6. The molecule has 4 amide bonds. The first-order chi connectivity index (χ1) is 23.7. The normalized spacial score (nSPS) is 13.4. The molecule has 0 aliphatic carbocycles. The van der Waals surface area contributed by atoms with Crippen molar-refractivity contribution >= 4 is 46.9 Å². The van der Waals surface area contributed by atoms with Crippen LogP contribution >= 0.6 is 11.8 Å². The highest BCUT2D eigenvalue weighted by Gasteiger charge is 2.29. The summed E-state index contributed by atoms with van der Waals surface area (Å²) in [6, 6.07) is 19.5. The van der Waals surface area contributed by atoms with E-state index in [0.29, 0.717) is 78.4 Å². The average Bonchev–Trinajstić information content (AvgIpc) is 3.12. The second-order valence-electron chi connectivity index (χ2n) is 11.5. The molecule has 6 N–H and O–H groups in total. The summed E-state index contributed by atoms with van der Waals surface area (Å²) < 4.78 is 0. The number of unbranched alkanes of at least 4 members (excludes halogenated alkanes) is 1. The van der Waals surface area contributed by atoms with Crippen LogP contribution in [-0.2, 0) is 20.8 Å². The number of hydrogen-bond donors (Lipinski definition) is 5. The minimum Gasteiger partial charge on any atom is -0.368 e. The number of piperidine rings is 1. The van der Waals surface area contributed by atoms with Crippen molar-refractivity contribution in [3.05, 3.63) is 82.4 Å². The van der Waals surface area contributed by atoms with Crippen LogP contribution in [-0.4, -0.2) is 53.0 Å². The predicted molar refractivity (Wildman–Crippen MR) is 183 cm³/mol. The van der Waals surface area contributed by atoms with Crippen LogP contribution in [0.15, 0.2) is 59.6 Å². The minimum absolute atomic E-state index is 0.0660. The van der Waals surface area contributed by atoms with E-state index in [1.54, 1.807) is 29.7 Å². The van der Waals surface area contributed by atoms with Crippen molar-refractivity contribution in [2.24, 2.45) is 5.73 Å². The highest BCUT2D eigenvalue weighted by atomic mass is 32.2. The van der Waals surface area contributed by atoms with Gasteiger partial charge in [-0.05, 0) is 67.5 Å². The quantitative estimate of drug-likeness (QED) is 0.0710. The molecule has 1 atom stereocenters. The lowest BCUT2D eigenvalue weighted by molar-refractivity contribution is -0.122. The van der Waals surface area contributed by atoms with Crippen molar-refractivity contribution in [3.63, 3.8) is 0 Å². The SMILES string of the molecule is CCc1c(C#N)c(SC(C(N)=O)c2ccccc2)nc(N2CCC(NC(=O)CCCCC(=O)Nc3ccc(C(=O)NO)cc3)CC2)c1C#N. The van der Waals surface area contributed by atoms with Crippen molar-refractivity contribution in [2.45, 2.75) is 68.2 Å². The zero-order valence-corrected chi connectivity index (χ0v) is 27.9. The first kappa shape index (κ1) is 36.4. The summed E-state index contributed by atoms with van der Waals surface area (Å²) in [6.07, 6.45) is 3.23. The zero-order valence-electron chi connectivity index (χ0n) is 27.1. The monoisotopic (exact) mass is 682 g/mol. The first-order valence-corrected chi connectivity index (χ1v) is 16.8. The van der Waals surface area contributed by atoms with Gasteiger partial charge in [0, 0.05) is 43.2 Å². The largest absolute Gasteiger partial charge is 0.368 e. The van der Waals surface area contributed by atoms with E-state index in [2.05, 4.69) is 22.8 Å². The number of rotatable bonds is 14. The molecule has 49 heavy (non-hydrogen) atoms. The van der Waals surface area contributed by atoms with Gasteiger partial charge >= 0.3 is 0 Å². The maximum absolute atomic E-state index is 12.7. The van der Waals surface area contributed by atoms with Crippen molar-refractivity contribution in [2.75, 3.05) is 23.3 Å². The van der Waals surface area contributed by atoms with E-state index in [4.69, 9.17) is 15.9 Å². The molecular weight excluding hydrogens is 645 g/mol. The minimum atomic E-state index is -0.775. The summed E-state index contributed by atoms with van der Waals surface area (Å²) in [4.78, 5) is 55.6. The van der Waals surface area contributed by atoms with Crippen molar-refractivity contribution in [3.8, 4) is 12.1 Å². The molecule has 2 heterocycles. The Labute approximate surface area is 288 Å². The lowest BCUT2D eigenvalue weighted by atomic mass is 9.99. The maximum Gasteiger partial charge on any atom is 0.274 e. The Morgan fingerprint density at radius 3 is 2.18 bits per heavy atom. The Morgan fingerprint density at radius 2 is 1.61 bits per heavy atom. The first-order valence-electron chi connectivity index (χ1n) is 16.0. The average molecular weight is 683 g/mol. The predicted octanol–water partition coefficient (Wildman–Crippen LogP) is 4.11. The molecule has 14 heteroatoms. The molecule has 4 rings (SSSR count). The van der Waals surface area contributed by atoms with Gasteiger partial charge in [-0.25, -0.2) is 10.5 Å². The van der Waals surface area contributed by atoms with Crippen LogP contribution in [0, 0.1) is 22.7 Å². The van der Waals surface area contributed by atoms with E-state index in [-0.39, 0.29) is 41.8 Å². The third kappa shape index (κ3) is 9.56. The van der Waals surface area contributed by atoms with Gasteiger partial charge in [0.25, 0.3) is 5.91 Å². The molecule has 0 saturated carbocycles. The van der Waals surface area contributed by atoms with Crippen LogP contribution in [0.2, 0.25) is 0 Å². The molecule has 13 nitrogen and oxygen atoms in total. The van der Waals surface area contributed by atoms with Crippen molar-refractivity contribution in [1.82, 2.24) is 15.8 Å². The third-order valence-electron chi connectivity index (χ3n) is 8.17. The molecule has 1 saturated heterocycles. The highest BCUT2D eigenvalue weighted by Crippen LogP contribution is 2.40. The van der Waals surface area contributed by atoms with Gasteiger partial charge in [-0.3, -0.25) is 24.4 Å². The number of nitrogens with one attached hydrogen (secondary N) is 3. The smallest absolute Gasteiger partial charge is 0.274 e. The van der Waals surface area contributed by atoms with Crippen LogP contribution in [0.25, 0.3) is 0 Å². The van der Waals surface area contributed by atoms with Gasteiger partial charge < -0.3 is 21.3 Å². The molecule has 1 fully saturated rings. The van der Waals surface area contributed by atoms with Gasteiger partial charge in [0.15, 0.2) is 0 Å². The molecule has 0 spiro atoms.